The number of aliphatic hydroxyl groups excluding tert-OH is 1. The molecule has 3 rings (SSSR count). The predicted molar refractivity (Wildman–Crippen MR) is 53.2 cm³/mol. The third-order valence-corrected chi connectivity index (χ3v) is 2.46. The van der Waals surface area contributed by atoms with Gasteiger partial charge in [-0.05, 0) is 18.2 Å². The van der Waals surface area contributed by atoms with Crippen LogP contribution in [-0.4, -0.2) is 24.4 Å². The zero-order valence-electron chi connectivity index (χ0n) is 7.97. The van der Waals surface area contributed by atoms with Gasteiger partial charge in [0.05, 0.1) is 18.3 Å². The van der Waals surface area contributed by atoms with Gasteiger partial charge >= 0.3 is 0 Å². The first-order valence-corrected chi connectivity index (χ1v) is 4.79. The molecule has 1 aliphatic heterocycles. The first-order chi connectivity index (χ1) is 7.38. The van der Waals surface area contributed by atoms with Crippen LogP contribution >= 0.6 is 0 Å². The fourth-order valence-electron chi connectivity index (χ4n) is 1.71. The highest BCUT2D eigenvalue weighted by Gasteiger charge is 2.22. The highest BCUT2D eigenvalue weighted by molar-refractivity contribution is 5.87. The lowest BCUT2D eigenvalue weighted by Crippen LogP contribution is -2.32. The fraction of sp³-hybridized carbons (Fsp3) is 0.273. The lowest BCUT2D eigenvalue weighted by atomic mass is 10.2. The molecule has 0 radical (unpaired) electrons. The number of fused-ring (bicyclic) bond motifs is 3. The van der Waals surface area contributed by atoms with E-state index in [2.05, 4.69) is 0 Å². The zero-order chi connectivity index (χ0) is 10.3. The highest BCUT2D eigenvalue weighted by atomic mass is 16.6. The Labute approximate surface area is 86.0 Å². The van der Waals surface area contributed by atoms with Crippen molar-refractivity contribution in [2.75, 3.05) is 13.2 Å². The van der Waals surface area contributed by atoms with Gasteiger partial charge in [-0.1, -0.05) is 0 Å². The maximum atomic E-state index is 9.01. The molecule has 0 spiro atoms. The van der Waals surface area contributed by atoms with Gasteiger partial charge in [-0.2, -0.15) is 0 Å². The third-order valence-electron chi connectivity index (χ3n) is 2.46. The standard InChI is InChI=1S/C11H10O4/c12-5-7-6-14-10-2-1-9-8(3-4-13-9)11(10)15-7/h1-4,7,12H,5-6H2. The Morgan fingerprint density at radius 1 is 1.33 bits per heavy atom. The van der Waals surface area contributed by atoms with Crippen molar-refractivity contribution < 1.29 is 19.0 Å². The summed E-state index contributed by atoms with van der Waals surface area (Å²) in [4.78, 5) is 0. The third kappa shape index (κ3) is 1.26. The minimum Gasteiger partial charge on any atom is -0.486 e. The summed E-state index contributed by atoms with van der Waals surface area (Å²) in [5, 5.41) is 9.89. The zero-order valence-corrected chi connectivity index (χ0v) is 7.97. The number of furan rings is 1. The first-order valence-electron chi connectivity index (χ1n) is 4.79. The van der Waals surface area contributed by atoms with E-state index in [1.807, 2.05) is 18.2 Å². The molecule has 15 heavy (non-hydrogen) atoms. The van der Waals surface area contributed by atoms with Crippen molar-refractivity contribution in [3.63, 3.8) is 0 Å². The maximum absolute atomic E-state index is 9.01. The molecule has 1 aliphatic rings. The second kappa shape index (κ2) is 3.17. The van der Waals surface area contributed by atoms with Crippen LogP contribution in [0.1, 0.15) is 0 Å². The van der Waals surface area contributed by atoms with Crippen molar-refractivity contribution in [1.29, 1.82) is 0 Å². The van der Waals surface area contributed by atoms with E-state index in [1.54, 1.807) is 6.26 Å². The van der Waals surface area contributed by atoms with Crippen LogP contribution in [0, 0.1) is 0 Å². The molecule has 1 aromatic heterocycles. The van der Waals surface area contributed by atoms with Crippen molar-refractivity contribution >= 4 is 11.0 Å². The van der Waals surface area contributed by atoms with Crippen LogP contribution in [0.25, 0.3) is 11.0 Å². The minimum absolute atomic E-state index is 0.0479. The summed E-state index contributed by atoms with van der Waals surface area (Å²) in [5.41, 5.74) is 0.760. The Balaban J connectivity index is 2.15. The van der Waals surface area contributed by atoms with E-state index in [-0.39, 0.29) is 12.7 Å². The lowest BCUT2D eigenvalue weighted by Gasteiger charge is -2.25. The molecule has 4 heteroatoms. The molecule has 1 unspecified atom stereocenters. The molecule has 0 saturated heterocycles. The summed E-state index contributed by atoms with van der Waals surface area (Å²) in [6.07, 6.45) is 1.31. The van der Waals surface area contributed by atoms with E-state index in [1.165, 1.54) is 0 Å². The fourth-order valence-corrected chi connectivity index (χ4v) is 1.71. The SMILES string of the molecule is OCC1COc2ccc3occc3c2O1. The lowest BCUT2D eigenvalue weighted by molar-refractivity contribution is 0.0472. The maximum Gasteiger partial charge on any atom is 0.172 e. The Morgan fingerprint density at radius 3 is 3.13 bits per heavy atom. The summed E-state index contributed by atoms with van der Waals surface area (Å²) < 4.78 is 16.4. The van der Waals surface area contributed by atoms with Crippen molar-refractivity contribution in [3.8, 4) is 11.5 Å². The molecule has 4 nitrogen and oxygen atoms in total. The van der Waals surface area contributed by atoms with Crippen molar-refractivity contribution in [2.24, 2.45) is 0 Å². The molecule has 0 bridgehead atoms. The topological polar surface area (TPSA) is 51.8 Å². The van der Waals surface area contributed by atoms with Gasteiger partial charge in [0, 0.05) is 0 Å². The van der Waals surface area contributed by atoms with Gasteiger partial charge in [0.2, 0.25) is 0 Å². The number of rotatable bonds is 1. The molecule has 1 atom stereocenters. The number of hydrogen-bond donors (Lipinski definition) is 1. The van der Waals surface area contributed by atoms with Crippen LogP contribution in [0.15, 0.2) is 28.9 Å². The van der Waals surface area contributed by atoms with E-state index in [0.29, 0.717) is 18.1 Å². The van der Waals surface area contributed by atoms with Crippen LogP contribution in [0.3, 0.4) is 0 Å². The van der Waals surface area contributed by atoms with Crippen molar-refractivity contribution in [2.45, 2.75) is 6.10 Å². The van der Waals surface area contributed by atoms with E-state index in [0.717, 1.165) is 11.0 Å². The van der Waals surface area contributed by atoms with Gasteiger partial charge < -0.3 is 19.0 Å². The molecule has 1 aromatic carbocycles. The molecule has 2 aromatic rings. The second-order valence-corrected chi connectivity index (χ2v) is 3.46. The van der Waals surface area contributed by atoms with Gasteiger partial charge in [0.1, 0.15) is 12.2 Å². The smallest absolute Gasteiger partial charge is 0.172 e. The van der Waals surface area contributed by atoms with E-state index in [4.69, 9.17) is 19.0 Å². The second-order valence-electron chi connectivity index (χ2n) is 3.46. The number of benzene rings is 1. The summed E-state index contributed by atoms with van der Waals surface area (Å²) >= 11 is 0. The Morgan fingerprint density at radius 2 is 2.27 bits per heavy atom. The molecular formula is C11H10O4. The molecule has 0 amide bonds. The van der Waals surface area contributed by atoms with E-state index >= 15 is 0 Å². The number of ether oxygens (including phenoxy) is 2. The molecule has 0 saturated carbocycles. The van der Waals surface area contributed by atoms with E-state index in [9.17, 15) is 0 Å². The molecule has 0 aliphatic carbocycles. The van der Waals surface area contributed by atoms with Gasteiger partial charge in [-0.3, -0.25) is 0 Å². The normalized spacial score (nSPS) is 19.4. The number of hydrogen-bond acceptors (Lipinski definition) is 4. The molecule has 78 valence electrons. The largest absolute Gasteiger partial charge is 0.486 e. The predicted octanol–water partition coefficient (Wildman–Crippen LogP) is 1.56. The Bertz CT molecular complexity index is 488. The van der Waals surface area contributed by atoms with E-state index < -0.39 is 0 Å². The highest BCUT2D eigenvalue weighted by Crippen LogP contribution is 2.39. The first kappa shape index (κ1) is 8.61. The Kier molecular flexibility index (Phi) is 1.82. The van der Waals surface area contributed by atoms with Crippen LogP contribution < -0.4 is 9.47 Å². The summed E-state index contributed by atoms with van der Waals surface area (Å²) in [5.74, 6) is 1.36. The number of aliphatic hydroxyl groups is 1. The quantitative estimate of drug-likeness (QED) is 0.769. The summed E-state index contributed by atoms with van der Waals surface area (Å²) in [7, 11) is 0. The monoisotopic (exact) mass is 206 g/mol. The van der Waals surface area contributed by atoms with Gasteiger partial charge in [-0.25, -0.2) is 0 Å². The van der Waals surface area contributed by atoms with Crippen LogP contribution in [0.4, 0.5) is 0 Å². The van der Waals surface area contributed by atoms with Crippen LogP contribution in [0.5, 0.6) is 11.5 Å². The molecule has 0 fully saturated rings. The minimum atomic E-state index is -0.294. The van der Waals surface area contributed by atoms with Crippen molar-refractivity contribution in [3.05, 3.63) is 24.5 Å². The van der Waals surface area contributed by atoms with Gasteiger partial charge in [-0.15, -0.1) is 0 Å². The Hall–Kier alpha value is -1.68. The van der Waals surface area contributed by atoms with Crippen LogP contribution in [-0.2, 0) is 0 Å². The summed E-state index contributed by atoms with van der Waals surface area (Å²) in [6.45, 7) is 0.334. The van der Waals surface area contributed by atoms with Gasteiger partial charge in [0.25, 0.3) is 0 Å². The molecule has 2 heterocycles. The average molecular weight is 206 g/mol. The van der Waals surface area contributed by atoms with Crippen molar-refractivity contribution in [1.82, 2.24) is 0 Å². The molecule has 1 N–H and O–H groups in total. The average Bonchev–Trinajstić information content (AvgIpc) is 2.76. The molecular weight excluding hydrogens is 196 g/mol. The van der Waals surface area contributed by atoms with Crippen LogP contribution in [0.2, 0.25) is 0 Å². The summed E-state index contributed by atoms with van der Waals surface area (Å²) in [6, 6.07) is 5.49. The van der Waals surface area contributed by atoms with Gasteiger partial charge in [0.15, 0.2) is 17.6 Å².